The zero-order chi connectivity index (χ0) is 20.5. The van der Waals surface area contributed by atoms with Gasteiger partial charge in [-0.25, -0.2) is 8.42 Å². The predicted octanol–water partition coefficient (Wildman–Crippen LogP) is 2.81. The van der Waals surface area contributed by atoms with Crippen molar-refractivity contribution >= 4 is 10.0 Å². The van der Waals surface area contributed by atoms with Crippen molar-refractivity contribution in [3.05, 3.63) is 35.4 Å². The number of sulfonamides is 1. The average molecular weight is 411 g/mol. The lowest BCUT2D eigenvalue weighted by molar-refractivity contribution is -0.112. The van der Waals surface area contributed by atoms with Crippen LogP contribution in [0.2, 0.25) is 0 Å². The van der Waals surface area contributed by atoms with Gasteiger partial charge in [-0.3, -0.25) is 0 Å². The van der Waals surface area contributed by atoms with Crippen molar-refractivity contribution in [3.63, 3.8) is 0 Å². The number of alkyl halides is 3. The molecule has 1 aromatic carbocycles. The Morgan fingerprint density at radius 3 is 2.41 bits per heavy atom. The van der Waals surface area contributed by atoms with Gasteiger partial charge in [-0.2, -0.15) is 17.5 Å². The number of hydrogen-bond donors (Lipinski definition) is 0. The monoisotopic (exact) mass is 411 g/mol. The molecule has 27 heavy (non-hydrogen) atoms. The first-order chi connectivity index (χ1) is 12.4. The van der Waals surface area contributed by atoms with E-state index in [1.165, 1.54) is 14.2 Å². The van der Waals surface area contributed by atoms with E-state index in [0.29, 0.717) is 4.31 Å². The van der Waals surface area contributed by atoms with Crippen molar-refractivity contribution in [2.75, 3.05) is 33.9 Å². The summed E-state index contributed by atoms with van der Waals surface area (Å²) >= 11 is 0. The molecule has 1 unspecified atom stereocenters. The molecule has 1 atom stereocenters. The Morgan fingerprint density at radius 2 is 1.85 bits per heavy atom. The van der Waals surface area contributed by atoms with Crippen molar-refractivity contribution in [3.8, 4) is 0 Å². The van der Waals surface area contributed by atoms with Crippen LogP contribution in [0.1, 0.15) is 30.9 Å². The third-order valence-corrected chi connectivity index (χ3v) is 6.19. The molecule has 0 bridgehead atoms. The molecular weight excluding hydrogens is 387 g/mol. The van der Waals surface area contributed by atoms with E-state index in [-0.39, 0.29) is 6.61 Å². The molecule has 0 radical (unpaired) electrons. The second-order valence-electron chi connectivity index (χ2n) is 6.77. The summed E-state index contributed by atoms with van der Waals surface area (Å²) in [5.74, 6) is -0.555. The van der Waals surface area contributed by atoms with Crippen LogP contribution in [0.15, 0.2) is 24.3 Å². The van der Waals surface area contributed by atoms with Gasteiger partial charge in [0.05, 0.1) is 18.8 Å². The first kappa shape index (κ1) is 22.1. The zero-order valence-corrected chi connectivity index (χ0v) is 16.4. The number of benzene rings is 1. The molecule has 10 heteroatoms. The number of rotatable bonds is 7. The lowest BCUT2D eigenvalue weighted by Gasteiger charge is -2.39. The summed E-state index contributed by atoms with van der Waals surface area (Å²) in [5, 5.41) is 0. The quantitative estimate of drug-likeness (QED) is 0.646. The van der Waals surface area contributed by atoms with Crippen LogP contribution in [0.5, 0.6) is 0 Å². The summed E-state index contributed by atoms with van der Waals surface area (Å²) in [4.78, 5) is 0. The summed E-state index contributed by atoms with van der Waals surface area (Å²) in [6, 6.07) is 7.19. The average Bonchev–Trinajstić information content (AvgIpc) is 2.59. The highest BCUT2D eigenvalue weighted by Crippen LogP contribution is 2.39. The first-order valence-corrected chi connectivity index (χ1v) is 9.73. The van der Waals surface area contributed by atoms with Crippen LogP contribution in [0.3, 0.4) is 0 Å². The highest BCUT2D eigenvalue weighted by molar-refractivity contribution is 7.90. The van der Waals surface area contributed by atoms with Crippen LogP contribution in [0, 0.1) is 0 Å². The van der Waals surface area contributed by atoms with Gasteiger partial charge in [0.25, 0.3) is 0 Å². The second kappa shape index (κ2) is 8.04. The van der Waals surface area contributed by atoms with E-state index in [1.54, 1.807) is 12.1 Å². The highest BCUT2D eigenvalue weighted by Gasteiger charge is 2.51. The molecule has 0 saturated heterocycles. The van der Waals surface area contributed by atoms with E-state index in [2.05, 4.69) is 0 Å². The van der Waals surface area contributed by atoms with E-state index in [1.807, 2.05) is 26.0 Å². The number of fused-ring (bicyclic) bond motifs is 1. The first-order valence-electron chi connectivity index (χ1n) is 8.29. The maximum atomic E-state index is 13.2. The zero-order valence-electron chi connectivity index (χ0n) is 15.6. The lowest BCUT2D eigenvalue weighted by Crippen LogP contribution is -2.48. The van der Waals surface area contributed by atoms with Gasteiger partial charge in [0.2, 0.25) is 0 Å². The largest absolute Gasteiger partial charge is 0.511 e. The molecule has 0 N–H and O–H groups in total. The molecule has 2 rings (SSSR count). The Morgan fingerprint density at radius 1 is 1.26 bits per heavy atom. The predicted molar refractivity (Wildman–Crippen MR) is 92.5 cm³/mol. The van der Waals surface area contributed by atoms with Gasteiger partial charge >= 0.3 is 15.5 Å². The van der Waals surface area contributed by atoms with Gasteiger partial charge < -0.3 is 14.2 Å². The van der Waals surface area contributed by atoms with Gasteiger partial charge in [-0.1, -0.05) is 24.3 Å². The number of nitrogens with zero attached hydrogens (tertiary/aromatic N) is 1. The van der Waals surface area contributed by atoms with Crippen molar-refractivity contribution in [1.82, 2.24) is 4.31 Å². The number of ether oxygens (including phenoxy) is 3. The molecule has 0 aromatic heterocycles. The third-order valence-electron chi connectivity index (χ3n) is 4.63. The van der Waals surface area contributed by atoms with E-state index in [9.17, 15) is 21.6 Å². The van der Waals surface area contributed by atoms with Crippen LogP contribution in [0.4, 0.5) is 13.2 Å². The molecule has 154 valence electrons. The van der Waals surface area contributed by atoms with Crippen LogP contribution < -0.4 is 0 Å². The second-order valence-corrected chi connectivity index (χ2v) is 8.70. The number of methoxy groups -OCH3 is 2. The fourth-order valence-corrected chi connectivity index (χ4v) is 4.09. The fourth-order valence-electron chi connectivity index (χ4n) is 3.10. The maximum Gasteiger partial charge on any atom is 0.511 e. The molecule has 1 heterocycles. The normalized spacial score (nSPS) is 20.1. The van der Waals surface area contributed by atoms with Crippen molar-refractivity contribution in [2.45, 2.75) is 37.2 Å². The molecule has 1 aliphatic rings. The Kier molecular flexibility index (Phi) is 6.58. The van der Waals surface area contributed by atoms with E-state index in [0.717, 1.165) is 11.1 Å². The summed E-state index contributed by atoms with van der Waals surface area (Å²) in [6.45, 7) is 2.82. The van der Waals surface area contributed by atoms with Crippen LogP contribution in [-0.2, 0) is 29.8 Å². The van der Waals surface area contributed by atoms with Crippen LogP contribution >= 0.6 is 0 Å². The highest BCUT2D eigenvalue weighted by atomic mass is 32.2. The van der Waals surface area contributed by atoms with Gasteiger partial charge in [0.1, 0.15) is 0 Å². The smallest absolute Gasteiger partial charge is 0.370 e. The van der Waals surface area contributed by atoms with E-state index >= 15 is 0 Å². The van der Waals surface area contributed by atoms with Gasteiger partial charge in [-0.05, 0) is 25.0 Å². The van der Waals surface area contributed by atoms with Crippen LogP contribution in [-0.4, -0.2) is 58.4 Å². The topological polar surface area (TPSA) is 65.1 Å². The standard InChI is InChI=1S/C17H24F3NO5S/c1-16(2)14-8-6-5-7-13(14)12(11-26-16)9-21(10-15(24-3)25-4)27(22,23)17(18,19)20/h5-8,12,15H,9-11H2,1-4H3. The van der Waals surface area contributed by atoms with Crippen LogP contribution in [0.25, 0.3) is 0 Å². The molecule has 0 amide bonds. The van der Waals surface area contributed by atoms with Gasteiger partial charge in [0.15, 0.2) is 6.29 Å². The summed E-state index contributed by atoms with van der Waals surface area (Å²) in [5.41, 5.74) is -4.45. The maximum absolute atomic E-state index is 13.2. The lowest BCUT2D eigenvalue weighted by atomic mass is 9.84. The van der Waals surface area contributed by atoms with E-state index < -0.39 is 46.4 Å². The Bertz CT molecular complexity index is 747. The third kappa shape index (κ3) is 4.62. The molecule has 0 fully saturated rings. The fraction of sp³-hybridized carbons (Fsp3) is 0.647. The Labute approximate surface area is 157 Å². The minimum Gasteiger partial charge on any atom is -0.370 e. The van der Waals surface area contributed by atoms with Gasteiger partial charge in [-0.15, -0.1) is 0 Å². The Hall–Kier alpha value is -1.20. The van der Waals surface area contributed by atoms with E-state index in [4.69, 9.17) is 14.2 Å². The molecule has 6 nitrogen and oxygen atoms in total. The molecule has 0 saturated carbocycles. The van der Waals surface area contributed by atoms with Gasteiger partial charge in [0, 0.05) is 26.7 Å². The Balaban J connectivity index is 2.38. The number of hydrogen-bond acceptors (Lipinski definition) is 5. The molecule has 1 aromatic rings. The minimum absolute atomic E-state index is 0.0958. The molecule has 1 aliphatic heterocycles. The summed E-state index contributed by atoms with van der Waals surface area (Å²) < 4.78 is 79.6. The molecule has 0 spiro atoms. The number of halogens is 3. The van der Waals surface area contributed by atoms with Crippen molar-refractivity contribution < 1.29 is 35.8 Å². The minimum atomic E-state index is -5.57. The summed E-state index contributed by atoms with van der Waals surface area (Å²) in [6.07, 6.45) is -1.13. The SMILES string of the molecule is COC(CN(CC1COC(C)(C)c2ccccc21)S(=O)(=O)C(F)(F)F)OC. The molecular formula is C17H24F3NO5S. The van der Waals surface area contributed by atoms with Crippen molar-refractivity contribution in [2.24, 2.45) is 0 Å². The summed E-state index contributed by atoms with van der Waals surface area (Å²) in [7, 11) is -3.11. The van der Waals surface area contributed by atoms with Crippen molar-refractivity contribution in [1.29, 1.82) is 0 Å². The molecule has 0 aliphatic carbocycles.